The average Bonchev–Trinajstić information content (AvgIpc) is 3.08. The summed E-state index contributed by atoms with van der Waals surface area (Å²) in [5.74, 6) is 0.712. The highest BCUT2D eigenvalue weighted by atomic mass is 16.4. The Morgan fingerprint density at radius 3 is 1.53 bits per heavy atom. The number of hydrogen-bond donors (Lipinski definition) is 2. The lowest BCUT2D eigenvalue weighted by molar-refractivity contribution is 0.0683. The largest absolute Gasteiger partial charge is 0.478 e. The summed E-state index contributed by atoms with van der Waals surface area (Å²) in [6, 6.07) is 12.0. The molecule has 2 aromatic carbocycles. The second-order valence-electron chi connectivity index (χ2n) is 15.3. The van der Waals surface area contributed by atoms with Crippen molar-refractivity contribution in [2.75, 3.05) is 0 Å². The molecule has 0 amide bonds. The third kappa shape index (κ3) is 11.2. The van der Waals surface area contributed by atoms with Gasteiger partial charge in [-0.15, -0.1) is 0 Å². The third-order valence-corrected chi connectivity index (χ3v) is 11.8. The predicted molar refractivity (Wildman–Crippen MR) is 195 cm³/mol. The fourth-order valence-electron chi connectivity index (χ4n) is 8.76. The van der Waals surface area contributed by atoms with Crippen molar-refractivity contribution in [3.63, 3.8) is 0 Å². The van der Waals surface area contributed by atoms with E-state index in [-0.39, 0.29) is 5.92 Å². The van der Waals surface area contributed by atoms with Gasteiger partial charge in [0.1, 0.15) is 0 Å². The summed E-state index contributed by atoms with van der Waals surface area (Å²) in [6.45, 7) is 6.61. The monoisotopic (exact) mass is 644 g/mol. The summed E-state index contributed by atoms with van der Waals surface area (Å²) in [5, 5.41) is 20.2. The molecule has 1 atom stereocenters. The summed E-state index contributed by atoms with van der Waals surface area (Å²) >= 11 is 0. The molecule has 2 fully saturated rings. The minimum Gasteiger partial charge on any atom is -0.478 e. The summed E-state index contributed by atoms with van der Waals surface area (Å²) in [5.41, 5.74) is 4.89. The maximum atomic E-state index is 12.4. The number of carboxylic acids is 2. The Morgan fingerprint density at radius 1 is 0.617 bits per heavy atom. The van der Waals surface area contributed by atoms with E-state index in [9.17, 15) is 19.8 Å². The number of hydrogen-bond acceptors (Lipinski definition) is 2. The van der Waals surface area contributed by atoms with Crippen molar-refractivity contribution < 1.29 is 19.8 Å². The molecule has 0 radical (unpaired) electrons. The molecule has 0 saturated heterocycles. The van der Waals surface area contributed by atoms with E-state index in [0.717, 1.165) is 23.0 Å². The van der Waals surface area contributed by atoms with Crippen molar-refractivity contribution in [1.29, 1.82) is 0 Å². The van der Waals surface area contributed by atoms with Crippen molar-refractivity contribution in [3.8, 4) is 0 Å². The van der Waals surface area contributed by atoms with Gasteiger partial charge in [-0.05, 0) is 122 Å². The molecule has 2 aliphatic carbocycles. The van der Waals surface area contributed by atoms with Crippen molar-refractivity contribution in [3.05, 3.63) is 69.8 Å². The Labute approximate surface area is 286 Å². The molecule has 2 N–H and O–H groups in total. The van der Waals surface area contributed by atoms with E-state index in [2.05, 4.69) is 32.9 Å². The molecule has 4 nitrogen and oxygen atoms in total. The smallest absolute Gasteiger partial charge is 0.335 e. The van der Waals surface area contributed by atoms with E-state index in [1.165, 1.54) is 140 Å². The molecule has 47 heavy (non-hydrogen) atoms. The van der Waals surface area contributed by atoms with Crippen LogP contribution < -0.4 is 0 Å². The number of aromatic carboxylic acids is 2. The van der Waals surface area contributed by atoms with Gasteiger partial charge in [0.25, 0.3) is 0 Å². The average molecular weight is 645 g/mol. The first-order valence-electron chi connectivity index (χ1n) is 19.5. The van der Waals surface area contributed by atoms with Crippen molar-refractivity contribution >= 4 is 11.9 Å². The van der Waals surface area contributed by atoms with Gasteiger partial charge in [0, 0.05) is 0 Å². The maximum absolute atomic E-state index is 12.4. The highest BCUT2D eigenvalue weighted by Gasteiger charge is 2.27. The molecule has 4 rings (SSSR count). The minimum atomic E-state index is -0.903. The number of carbonyl (C=O) groups is 2. The van der Waals surface area contributed by atoms with Gasteiger partial charge in [0.2, 0.25) is 0 Å². The molecular formula is C43H64O4. The Kier molecular flexibility index (Phi) is 15.4. The highest BCUT2D eigenvalue weighted by Crippen LogP contribution is 2.41. The van der Waals surface area contributed by atoms with Crippen molar-refractivity contribution in [1.82, 2.24) is 0 Å². The first-order valence-corrected chi connectivity index (χ1v) is 19.5. The van der Waals surface area contributed by atoms with Crippen LogP contribution in [0.2, 0.25) is 0 Å². The minimum absolute atomic E-state index is 0.0997. The van der Waals surface area contributed by atoms with Gasteiger partial charge in [-0.25, -0.2) is 9.59 Å². The molecule has 4 heteroatoms. The molecule has 0 heterocycles. The number of rotatable bonds is 19. The summed E-state index contributed by atoms with van der Waals surface area (Å²) in [6.07, 6.45) is 26.4. The van der Waals surface area contributed by atoms with Crippen LogP contribution in [0.5, 0.6) is 0 Å². The van der Waals surface area contributed by atoms with Crippen LogP contribution in [-0.2, 0) is 6.42 Å². The molecule has 260 valence electrons. The van der Waals surface area contributed by atoms with Gasteiger partial charge in [0.05, 0.1) is 11.1 Å². The molecule has 0 aromatic heterocycles. The van der Waals surface area contributed by atoms with Crippen LogP contribution in [0.25, 0.3) is 0 Å². The van der Waals surface area contributed by atoms with Gasteiger partial charge in [0.15, 0.2) is 0 Å². The SMILES string of the molecule is CCCCCCCC1CCC(c2ccc(C(=O)O)c(CC(C)c3cc(C4CCC(CCCCCCC)CC4)ccc3C(=O)O)c2)CC1. The first-order chi connectivity index (χ1) is 22.8. The van der Waals surface area contributed by atoms with Gasteiger partial charge in [-0.2, -0.15) is 0 Å². The molecule has 2 aromatic rings. The summed E-state index contributed by atoms with van der Waals surface area (Å²) < 4.78 is 0. The summed E-state index contributed by atoms with van der Waals surface area (Å²) in [4.78, 5) is 24.7. The molecule has 0 bridgehead atoms. The quantitative estimate of drug-likeness (QED) is 0.149. The topological polar surface area (TPSA) is 74.6 Å². The van der Waals surface area contributed by atoms with Crippen molar-refractivity contribution in [2.45, 2.75) is 173 Å². The normalized spacial score (nSPS) is 22.2. The Hall–Kier alpha value is -2.62. The number of benzene rings is 2. The van der Waals surface area contributed by atoms with E-state index in [1.807, 2.05) is 12.1 Å². The van der Waals surface area contributed by atoms with Gasteiger partial charge in [-0.1, -0.05) is 122 Å². The number of carboxylic acid groups (broad SMARTS) is 2. The zero-order valence-corrected chi connectivity index (χ0v) is 29.9. The molecule has 0 aliphatic heterocycles. The van der Waals surface area contributed by atoms with Crippen LogP contribution in [0.1, 0.15) is 210 Å². The van der Waals surface area contributed by atoms with E-state index in [0.29, 0.717) is 29.4 Å². The van der Waals surface area contributed by atoms with Crippen LogP contribution in [0.3, 0.4) is 0 Å². The van der Waals surface area contributed by atoms with Crippen LogP contribution >= 0.6 is 0 Å². The third-order valence-electron chi connectivity index (χ3n) is 11.8. The van der Waals surface area contributed by atoms with Crippen LogP contribution in [-0.4, -0.2) is 22.2 Å². The second-order valence-corrected chi connectivity index (χ2v) is 15.3. The number of unbranched alkanes of at least 4 members (excludes halogenated alkanes) is 8. The Morgan fingerprint density at radius 2 is 1.06 bits per heavy atom. The Balaban J connectivity index is 1.41. The molecule has 0 spiro atoms. The van der Waals surface area contributed by atoms with E-state index >= 15 is 0 Å². The molecule has 2 aliphatic rings. The molecule has 1 unspecified atom stereocenters. The van der Waals surface area contributed by atoms with Gasteiger partial charge >= 0.3 is 11.9 Å². The first kappa shape index (κ1) is 37.2. The Bertz CT molecular complexity index is 1250. The zero-order chi connectivity index (χ0) is 33.6. The standard InChI is InChI=1S/C43H64O4/c1-4-6-8-10-12-14-32-16-20-34(21-17-32)36-24-26-39(42(44)45)38(29-36)28-31(3)41-30-37(25-27-40(41)43(46)47)35-22-18-33(19-23-35)15-13-11-9-7-5-2/h24-27,29-35H,4-23,28H2,1-3H3,(H,44,45)(H,46,47). The van der Waals surface area contributed by atoms with Crippen LogP contribution in [0, 0.1) is 11.8 Å². The second kappa shape index (κ2) is 19.4. The van der Waals surface area contributed by atoms with E-state index < -0.39 is 11.9 Å². The van der Waals surface area contributed by atoms with Crippen LogP contribution in [0.4, 0.5) is 0 Å². The van der Waals surface area contributed by atoms with E-state index in [4.69, 9.17) is 0 Å². The fraction of sp³-hybridized carbons (Fsp3) is 0.674. The molecular weight excluding hydrogens is 580 g/mol. The van der Waals surface area contributed by atoms with Crippen LogP contribution in [0.15, 0.2) is 36.4 Å². The summed E-state index contributed by atoms with van der Waals surface area (Å²) in [7, 11) is 0. The maximum Gasteiger partial charge on any atom is 0.335 e. The van der Waals surface area contributed by atoms with Gasteiger partial charge in [-0.3, -0.25) is 0 Å². The molecule has 2 saturated carbocycles. The lowest BCUT2D eigenvalue weighted by Gasteiger charge is -2.30. The lowest BCUT2D eigenvalue weighted by atomic mass is 9.75. The van der Waals surface area contributed by atoms with Crippen molar-refractivity contribution in [2.24, 2.45) is 11.8 Å². The predicted octanol–water partition coefficient (Wildman–Crippen LogP) is 12.7. The van der Waals surface area contributed by atoms with Gasteiger partial charge < -0.3 is 10.2 Å². The van der Waals surface area contributed by atoms with E-state index in [1.54, 1.807) is 12.1 Å². The highest BCUT2D eigenvalue weighted by molar-refractivity contribution is 5.90. The zero-order valence-electron chi connectivity index (χ0n) is 29.9. The lowest BCUT2D eigenvalue weighted by Crippen LogP contribution is -2.16. The fourth-order valence-corrected chi connectivity index (χ4v) is 8.76.